The molecule has 0 aliphatic heterocycles. The van der Waals surface area contributed by atoms with Crippen molar-refractivity contribution in [3.8, 4) is 0 Å². The minimum atomic E-state index is -0.435. The molecule has 6 nitrogen and oxygen atoms in total. The number of benzene rings is 2. The Kier molecular flexibility index (Phi) is 3.11. The van der Waals surface area contributed by atoms with Crippen LogP contribution in [-0.4, -0.2) is 14.9 Å². The SMILES string of the molecule is O=[N+]([O-])c1ccc2[nH]c(Nc3ccc(Br)cc3)nc2c1. The zero-order valence-corrected chi connectivity index (χ0v) is 11.7. The van der Waals surface area contributed by atoms with Crippen molar-refractivity contribution in [1.29, 1.82) is 0 Å². The first-order chi connectivity index (χ1) is 9.61. The molecule has 1 heterocycles. The number of hydrogen-bond acceptors (Lipinski definition) is 4. The average molecular weight is 333 g/mol. The number of nitro benzene ring substituents is 1. The fourth-order valence-electron chi connectivity index (χ4n) is 1.84. The van der Waals surface area contributed by atoms with E-state index in [0.29, 0.717) is 11.5 Å². The monoisotopic (exact) mass is 332 g/mol. The molecule has 3 rings (SSSR count). The molecular weight excluding hydrogens is 324 g/mol. The van der Waals surface area contributed by atoms with Gasteiger partial charge in [-0.15, -0.1) is 0 Å². The van der Waals surface area contributed by atoms with Gasteiger partial charge in [-0.05, 0) is 30.3 Å². The van der Waals surface area contributed by atoms with E-state index in [4.69, 9.17) is 0 Å². The summed E-state index contributed by atoms with van der Waals surface area (Å²) in [6.07, 6.45) is 0. The summed E-state index contributed by atoms with van der Waals surface area (Å²) in [5.41, 5.74) is 2.20. The van der Waals surface area contributed by atoms with Crippen LogP contribution in [0.4, 0.5) is 17.3 Å². The van der Waals surface area contributed by atoms with E-state index >= 15 is 0 Å². The van der Waals surface area contributed by atoms with Gasteiger partial charge in [-0.3, -0.25) is 10.1 Å². The van der Waals surface area contributed by atoms with Crippen LogP contribution < -0.4 is 5.32 Å². The van der Waals surface area contributed by atoms with Gasteiger partial charge in [-0.2, -0.15) is 0 Å². The van der Waals surface area contributed by atoms with Gasteiger partial charge in [0, 0.05) is 22.3 Å². The highest BCUT2D eigenvalue weighted by Gasteiger charge is 2.09. The maximum Gasteiger partial charge on any atom is 0.271 e. The number of halogens is 1. The molecule has 100 valence electrons. The molecule has 0 fully saturated rings. The largest absolute Gasteiger partial charge is 0.326 e. The number of imidazole rings is 1. The number of nitrogens with zero attached hydrogens (tertiary/aromatic N) is 2. The second kappa shape index (κ2) is 4.93. The van der Waals surface area contributed by atoms with Crippen LogP contribution in [0.2, 0.25) is 0 Å². The Balaban J connectivity index is 1.92. The van der Waals surface area contributed by atoms with E-state index in [1.807, 2.05) is 24.3 Å². The molecule has 2 N–H and O–H groups in total. The third-order valence-electron chi connectivity index (χ3n) is 2.78. The van der Waals surface area contributed by atoms with Gasteiger partial charge in [-0.25, -0.2) is 4.98 Å². The van der Waals surface area contributed by atoms with E-state index in [-0.39, 0.29) is 5.69 Å². The molecule has 0 amide bonds. The van der Waals surface area contributed by atoms with E-state index in [1.165, 1.54) is 12.1 Å². The van der Waals surface area contributed by atoms with Crippen LogP contribution in [0.15, 0.2) is 46.9 Å². The third-order valence-corrected chi connectivity index (χ3v) is 3.31. The first-order valence-corrected chi connectivity index (χ1v) is 6.58. The van der Waals surface area contributed by atoms with Gasteiger partial charge >= 0.3 is 0 Å². The number of aromatic amines is 1. The molecule has 0 aliphatic rings. The average Bonchev–Trinajstić information content (AvgIpc) is 2.82. The van der Waals surface area contributed by atoms with Crippen LogP contribution >= 0.6 is 15.9 Å². The summed E-state index contributed by atoms with van der Waals surface area (Å²) in [5, 5.41) is 13.8. The van der Waals surface area contributed by atoms with Crippen molar-refractivity contribution in [2.45, 2.75) is 0 Å². The number of hydrogen-bond donors (Lipinski definition) is 2. The van der Waals surface area contributed by atoms with Gasteiger partial charge in [0.1, 0.15) is 0 Å². The van der Waals surface area contributed by atoms with Crippen LogP contribution in [-0.2, 0) is 0 Å². The molecule has 0 atom stereocenters. The smallest absolute Gasteiger partial charge is 0.271 e. The minimum Gasteiger partial charge on any atom is -0.326 e. The lowest BCUT2D eigenvalue weighted by Crippen LogP contribution is -1.91. The molecule has 0 aliphatic carbocycles. The molecule has 3 aromatic rings. The summed E-state index contributed by atoms with van der Waals surface area (Å²) in [4.78, 5) is 17.6. The van der Waals surface area contributed by atoms with Crippen LogP contribution in [0.5, 0.6) is 0 Å². The van der Waals surface area contributed by atoms with Crippen molar-refractivity contribution < 1.29 is 4.92 Å². The van der Waals surface area contributed by atoms with Crippen LogP contribution in [0, 0.1) is 10.1 Å². The Morgan fingerprint density at radius 2 is 1.95 bits per heavy atom. The van der Waals surface area contributed by atoms with Crippen molar-refractivity contribution in [1.82, 2.24) is 9.97 Å². The number of rotatable bonds is 3. The summed E-state index contributed by atoms with van der Waals surface area (Å²) < 4.78 is 0.989. The number of nitrogens with one attached hydrogen (secondary N) is 2. The zero-order valence-electron chi connectivity index (χ0n) is 10.1. The topological polar surface area (TPSA) is 83.8 Å². The highest BCUT2D eigenvalue weighted by Crippen LogP contribution is 2.23. The van der Waals surface area contributed by atoms with E-state index in [9.17, 15) is 10.1 Å². The van der Waals surface area contributed by atoms with E-state index in [1.54, 1.807) is 6.07 Å². The number of anilines is 2. The number of nitro groups is 1. The molecule has 2 aromatic carbocycles. The highest BCUT2D eigenvalue weighted by molar-refractivity contribution is 9.10. The Bertz CT molecular complexity index is 783. The summed E-state index contributed by atoms with van der Waals surface area (Å²) in [6.45, 7) is 0. The predicted octanol–water partition coefficient (Wildman–Crippen LogP) is 3.98. The quantitative estimate of drug-likeness (QED) is 0.561. The standard InChI is InChI=1S/C13H9BrN4O2/c14-8-1-3-9(4-2-8)15-13-16-11-6-5-10(18(19)20)7-12(11)17-13/h1-7H,(H2,15,16,17). The zero-order chi connectivity index (χ0) is 14.1. The van der Waals surface area contributed by atoms with Gasteiger partial charge in [-0.1, -0.05) is 15.9 Å². The lowest BCUT2D eigenvalue weighted by atomic mass is 10.3. The van der Waals surface area contributed by atoms with Crippen molar-refractivity contribution in [2.24, 2.45) is 0 Å². The molecule has 20 heavy (non-hydrogen) atoms. The molecule has 0 spiro atoms. The molecule has 0 unspecified atom stereocenters. The molecule has 0 bridgehead atoms. The van der Waals surface area contributed by atoms with Crippen molar-refractivity contribution in [2.75, 3.05) is 5.32 Å². The maximum absolute atomic E-state index is 10.7. The molecular formula is C13H9BrN4O2. The summed E-state index contributed by atoms with van der Waals surface area (Å²) in [7, 11) is 0. The number of fused-ring (bicyclic) bond motifs is 1. The van der Waals surface area contributed by atoms with Crippen molar-refractivity contribution >= 4 is 44.3 Å². The van der Waals surface area contributed by atoms with Crippen molar-refractivity contribution in [3.05, 3.63) is 57.1 Å². The summed E-state index contributed by atoms with van der Waals surface area (Å²) >= 11 is 3.37. The van der Waals surface area contributed by atoms with E-state index in [2.05, 4.69) is 31.2 Å². The fourth-order valence-corrected chi connectivity index (χ4v) is 2.10. The first-order valence-electron chi connectivity index (χ1n) is 5.78. The predicted molar refractivity (Wildman–Crippen MR) is 80.2 cm³/mol. The maximum atomic E-state index is 10.7. The second-order valence-corrected chi connectivity index (χ2v) is 5.09. The molecule has 7 heteroatoms. The molecule has 0 radical (unpaired) electrons. The summed E-state index contributed by atoms with van der Waals surface area (Å²) in [6, 6.07) is 12.2. The number of H-pyrrole nitrogens is 1. The fraction of sp³-hybridized carbons (Fsp3) is 0. The Labute approximate surface area is 122 Å². The lowest BCUT2D eigenvalue weighted by molar-refractivity contribution is -0.384. The second-order valence-electron chi connectivity index (χ2n) is 4.18. The van der Waals surface area contributed by atoms with Crippen molar-refractivity contribution in [3.63, 3.8) is 0 Å². The first kappa shape index (κ1) is 12.6. The van der Waals surface area contributed by atoms with Crippen LogP contribution in [0.3, 0.4) is 0 Å². The number of non-ortho nitro benzene ring substituents is 1. The minimum absolute atomic E-state index is 0.0270. The number of aromatic nitrogens is 2. The Hall–Kier alpha value is -2.41. The van der Waals surface area contributed by atoms with Gasteiger partial charge in [0.2, 0.25) is 5.95 Å². The lowest BCUT2D eigenvalue weighted by Gasteiger charge is -2.01. The van der Waals surface area contributed by atoms with Gasteiger partial charge in [0.25, 0.3) is 5.69 Å². The van der Waals surface area contributed by atoms with Gasteiger partial charge < -0.3 is 10.3 Å². The molecule has 0 saturated carbocycles. The normalized spacial score (nSPS) is 10.7. The van der Waals surface area contributed by atoms with Gasteiger partial charge in [0.15, 0.2) is 0 Å². The van der Waals surface area contributed by atoms with Gasteiger partial charge in [0.05, 0.1) is 16.0 Å². The van der Waals surface area contributed by atoms with E-state index in [0.717, 1.165) is 15.7 Å². The Morgan fingerprint density at radius 3 is 2.65 bits per heavy atom. The molecule has 0 saturated heterocycles. The molecule has 1 aromatic heterocycles. The third kappa shape index (κ3) is 2.48. The van der Waals surface area contributed by atoms with Crippen LogP contribution in [0.25, 0.3) is 11.0 Å². The summed E-state index contributed by atoms with van der Waals surface area (Å²) in [5.74, 6) is 0.544. The van der Waals surface area contributed by atoms with E-state index < -0.39 is 4.92 Å². The van der Waals surface area contributed by atoms with Crippen LogP contribution in [0.1, 0.15) is 0 Å². The highest BCUT2D eigenvalue weighted by atomic mass is 79.9. The Morgan fingerprint density at radius 1 is 1.20 bits per heavy atom.